The minimum atomic E-state index is -3.77. The van der Waals surface area contributed by atoms with Gasteiger partial charge in [-0.1, -0.05) is 74.5 Å². The van der Waals surface area contributed by atoms with Crippen LogP contribution in [0, 0.1) is 5.92 Å². The quantitative estimate of drug-likeness (QED) is 0.235. The van der Waals surface area contributed by atoms with Crippen molar-refractivity contribution in [2.24, 2.45) is 5.92 Å². The van der Waals surface area contributed by atoms with Crippen LogP contribution in [0.3, 0.4) is 0 Å². The summed E-state index contributed by atoms with van der Waals surface area (Å²) in [6.45, 7) is 4.02. The molecule has 1 atom stereocenters. The average molecular weight is 544 g/mol. The van der Waals surface area contributed by atoms with Gasteiger partial charge in [0, 0.05) is 23.1 Å². The lowest BCUT2D eigenvalue weighted by molar-refractivity contribution is 0.325. The van der Waals surface area contributed by atoms with E-state index in [1.54, 1.807) is 42.5 Å². The lowest BCUT2D eigenvalue weighted by Crippen LogP contribution is -2.23. The van der Waals surface area contributed by atoms with Crippen LogP contribution in [0.5, 0.6) is 5.75 Å². The second-order valence-electron chi connectivity index (χ2n) is 10.9. The molecule has 3 aromatic carbocycles. The highest BCUT2D eigenvalue weighted by Crippen LogP contribution is 2.48. The minimum Gasteiger partial charge on any atom is -0.507 e. The first-order chi connectivity index (χ1) is 18.6. The monoisotopic (exact) mass is 543 g/mol. The number of anilines is 1. The molecule has 1 aliphatic carbocycles. The highest BCUT2D eigenvalue weighted by atomic mass is 32.2. The van der Waals surface area contributed by atoms with Gasteiger partial charge in [-0.3, -0.25) is 4.72 Å². The van der Waals surface area contributed by atoms with Crippen molar-refractivity contribution in [1.82, 2.24) is 0 Å². The summed E-state index contributed by atoms with van der Waals surface area (Å²) < 4.78 is 34.2. The van der Waals surface area contributed by atoms with Crippen LogP contribution in [-0.2, 0) is 21.9 Å². The zero-order chi connectivity index (χ0) is 27.6. The van der Waals surface area contributed by atoms with Crippen LogP contribution in [0.1, 0.15) is 61.5 Å². The maximum atomic E-state index is 13.4. The number of benzene rings is 3. The Balaban J connectivity index is 1.43. The smallest absolute Gasteiger partial charge is 0.343 e. The first-order valence-electron chi connectivity index (χ1n) is 13.2. The average Bonchev–Trinajstić information content (AvgIpc) is 3.76. The number of aryl methyl sites for hydroxylation is 1. The third-order valence-corrected chi connectivity index (χ3v) is 8.87. The lowest BCUT2D eigenvalue weighted by atomic mass is 9.82. The number of aromatic hydroxyl groups is 1. The van der Waals surface area contributed by atoms with E-state index in [0.29, 0.717) is 11.4 Å². The van der Waals surface area contributed by atoms with Gasteiger partial charge in [0.05, 0.1) is 10.5 Å². The van der Waals surface area contributed by atoms with Crippen molar-refractivity contribution in [2.45, 2.75) is 55.8 Å². The molecule has 1 fully saturated rings. The molecule has 39 heavy (non-hydrogen) atoms. The van der Waals surface area contributed by atoms with Crippen LogP contribution in [0.25, 0.3) is 0 Å². The summed E-state index contributed by atoms with van der Waals surface area (Å²) in [5.41, 5.74) is 1.56. The number of sulfonamides is 1. The zero-order valence-electron chi connectivity index (χ0n) is 22.1. The van der Waals surface area contributed by atoms with Gasteiger partial charge >= 0.3 is 5.63 Å². The van der Waals surface area contributed by atoms with E-state index in [1.165, 1.54) is 17.7 Å². The van der Waals surface area contributed by atoms with Crippen LogP contribution < -0.4 is 10.3 Å². The number of nitrogens with one attached hydrogen (secondary N) is 1. The Bertz CT molecular complexity index is 1610. The Morgan fingerprint density at radius 2 is 1.62 bits per heavy atom. The summed E-state index contributed by atoms with van der Waals surface area (Å²) in [6.07, 6.45) is 3.38. The lowest BCUT2D eigenvalue weighted by Gasteiger charge is -2.25. The highest BCUT2D eigenvalue weighted by Gasteiger charge is 2.38. The van der Waals surface area contributed by atoms with E-state index in [-0.39, 0.29) is 22.1 Å². The molecule has 1 aromatic heterocycles. The third kappa shape index (κ3) is 6.09. The molecule has 0 spiro atoms. The van der Waals surface area contributed by atoms with E-state index in [4.69, 9.17) is 4.42 Å². The summed E-state index contributed by atoms with van der Waals surface area (Å²) in [4.78, 5) is 13.6. The van der Waals surface area contributed by atoms with Crippen LogP contribution in [0.15, 0.2) is 105 Å². The second-order valence-corrected chi connectivity index (χ2v) is 12.6. The fourth-order valence-corrected chi connectivity index (χ4v) is 6.12. The Morgan fingerprint density at radius 1 is 0.949 bits per heavy atom. The topological polar surface area (TPSA) is 96.6 Å². The van der Waals surface area contributed by atoms with Crippen molar-refractivity contribution >= 4 is 15.7 Å². The molecule has 1 heterocycles. The van der Waals surface area contributed by atoms with Gasteiger partial charge in [0.25, 0.3) is 10.0 Å². The van der Waals surface area contributed by atoms with Crippen molar-refractivity contribution in [3.8, 4) is 5.75 Å². The van der Waals surface area contributed by atoms with Gasteiger partial charge in [-0.15, -0.1) is 0 Å². The molecular weight excluding hydrogens is 510 g/mol. The zero-order valence-corrected chi connectivity index (χ0v) is 22.9. The van der Waals surface area contributed by atoms with Gasteiger partial charge in [0.15, 0.2) is 0 Å². The molecule has 202 valence electrons. The SMILES string of the molecule is CC(C)(CCc1ccccc1)c1cc(O)c(C(c2cccc(NS(=O)(=O)c3ccccc3)c2)C2CC2)c(=O)o1. The molecule has 1 saturated carbocycles. The Morgan fingerprint density at radius 3 is 2.26 bits per heavy atom. The van der Waals surface area contributed by atoms with Crippen molar-refractivity contribution in [3.05, 3.63) is 124 Å². The van der Waals surface area contributed by atoms with Crippen LogP contribution in [-0.4, -0.2) is 13.5 Å². The van der Waals surface area contributed by atoms with Gasteiger partial charge in [-0.05, 0) is 67.0 Å². The molecule has 2 N–H and O–H groups in total. The molecule has 0 bridgehead atoms. The minimum absolute atomic E-state index is 0.0822. The number of hydrogen-bond acceptors (Lipinski definition) is 5. The highest BCUT2D eigenvalue weighted by molar-refractivity contribution is 7.92. The van der Waals surface area contributed by atoms with E-state index in [1.807, 2.05) is 38.1 Å². The summed E-state index contributed by atoms with van der Waals surface area (Å²) >= 11 is 0. The number of hydrogen-bond donors (Lipinski definition) is 2. The third-order valence-electron chi connectivity index (χ3n) is 7.47. The molecule has 4 aromatic rings. The Labute approximate surface area is 229 Å². The fourth-order valence-electron chi connectivity index (χ4n) is 5.05. The largest absolute Gasteiger partial charge is 0.507 e. The van der Waals surface area contributed by atoms with Gasteiger partial charge in [-0.2, -0.15) is 0 Å². The Kier molecular flexibility index (Phi) is 7.36. The van der Waals surface area contributed by atoms with Gasteiger partial charge in [0.2, 0.25) is 0 Å². The summed E-state index contributed by atoms with van der Waals surface area (Å²) in [7, 11) is -3.77. The molecule has 0 radical (unpaired) electrons. The first kappa shape index (κ1) is 26.8. The van der Waals surface area contributed by atoms with Gasteiger partial charge in [-0.25, -0.2) is 13.2 Å². The fraction of sp³-hybridized carbons (Fsp3) is 0.281. The van der Waals surface area contributed by atoms with Crippen molar-refractivity contribution in [1.29, 1.82) is 0 Å². The van der Waals surface area contributed by atoms with Crippen LogP contribution >= 0.6 is 0 Å². The second kappa shape index (κ2) is 10.7. The summed E-state index contributed by atoms with van der Waals surface area (Å²) in [5, 5.41) is 11.2. The predicted octanol–water partition coefficient (Wildman–Crippen LogP) is 6.60. The molecule has 1 aliphatic rings. The predicted molar refractivity (Wildman–Crippen MR) is 153 cm³/mol. The van der Waals surface area contributed by atoms with E-state index in [2.05, 4.69) is 16.9 Å². The van der Waals surface area contributed by atoms with Gasteiger partial charge in [0.1, 0.15) is 11.5 Å². The normalized spacial score (nSPS) is 14.6. The molecule has 6 nitrogen and oxygen atoms in total. The standard InChI is InChI=1S/C32H33NO5S/c1-32(2,19-18-22-10-5-3-6-11-22)28-21-27(34)30(31(35)38-28)29(23-16-17-23)24-12-9-13-25(20-24)33-39(36,37)26-14-7-4-8-15-26/h3-15,20-21,23,29,33-34H,16-19H2,1-2H3. The van der Waals surface area contributed by atoms with E-state index in [0.717, 1.165) is 31.2 Å². The van der Waals surface area contributed by atoms with Crippen molar-refractivity contribution in [2.75, 3.05) is 4.72 Å². The molecule has 5 rings (SSSR count). The number of rotatable bonds is 10. The first-order valence-corrected chi connectivity index (χ1v) is 14.7. The maximum Gasteiger partial charge on any atom is 0.343 e. The van der Waals surface area contributed by atoms with Gasteiger partial charge < -0.3 is 9.52 Å². The molecule has 0 saturated heterocycles. The van der Waals surface area contributed by atoms with Crippen molar-refractivity contribution in [3.63, 3.8) is 0 Å². The van der Waals surface area contributed by atoms with Crippen molar-refractivity contribution < 1.29 is 17.9 Å². The molecule has 7 heteroatoms. The molecule has 1 unspecified atom stereocenters. The van der Waals surface area contributed by atoms with E-state index >= 15 is 0 Å². The molecule has 0 amide bonds. The van der Waals surface area contributed by atoms with E-state index in [9.17, 15) is 18.3 Å². The van der Waals surface area contributed by atoms with E-state index < -0.39 is 27.0 Å². The Hall–Kier alpha value is -3.84. The maximum absolute atomic E-state index is 13.4. The molecule has 0 aliphatic heterocycles. The summed E-state index contributed by atoms with van der Waals surface area (Å²) in [6, 6.07) is 26.9. The van der Waals surface area contributed by atoms with Crippen LogP contribution in [0.2, 0.25) is 0 Å². The molecular formula is C32H33NO5S. The van der Waals surface area contributed by atoms with Crippen LogP contribution in [0.4, 0.5) is 5.69 Å². The summed E-state index contributed by atoms with van der Waals surface area (Å²) in [5.74, 6) is 0.130.